The Kier molecular flexibility index (Phi) is 3.64. The normalized spacial score (nSPS) is 35.1. The van der Waals surface area contributed by atoms with Gasteiger partial charge in [-0.2, -0.15) is 0 Å². The average Bonchev–Trinajstić information content (AvgIpc) is 3.46. The summed E-state index contributed by atoms with van der Waals surface area (Å²) in [5.41, 5.74) is 0.663. The minimum Gasteiger partial charge on any atom is -0.497 e. The van der Waals surface area contributed by atoms with E-state index in [4.69, 9.17) is 4.74 Å². The third kappa shape index (κ3) is 2.50. The number of nitrogens with one attached hydrogen (secondary N) is 1. The minimum atomic E-state index is -0.209. The number of amides is 3. The van der Waals surface area contributed by atoms with Gasteiger partial charge in [-0.3, -0.25) is 19.3 Å². The number of carbonyl (C=O) groups is 3. The van der Waals surface area contributed by atoms with Gasteiger partial charge >= 0.3 is 0 Å². The Hall–Kier alpha value is -2.63. The molecule has 140 valence electrons. The SMILES string of the molecule is COc1ccc(NC(=O)CCN2C(=O)[C@@H]3[C@H]4C=C[C@@H]([C@@H]5C[C@@H]45)[C@@H]3C2=O)cc1. The Labute approximate surface area is 157 Å². The molecule has 0 radical (unpaired) electrons. The van der Waals surface area contributed by atoms with Gasteiger partial charge in [0.25, 0.3) is 0 Å². The molecule has 3 amide bonds. The molecule has 1 aliphatic heterocycles. The summed E-state index contributed by atoms with van der Waals surface area (Å²) >= 11 is 0. The number of anilines is 1. The van der Waals surface area contributed by atoms with Gasteiger partial charge in [-0.25, -0.2) is 0 Å². The number of benzene rings is 1. The first-order chi connectivity index (χ1) is 13.1. The van der Waals surface area contributed by atoms with Crippen LogP contribution >= 0.6 is 0 Å². The van der Waals surface area contributed by atoms with Crippen molar-refractivity contribution in [3.63, 3.8) is 0 Å². The van der Waals surface area contributed by atoms with Crippen molar-refractivity contribution in [2.75, 3.05) is 19.0 Å². The van der Waals surface area contributed by atoms with Crippen molar-refractivity contribution in [1.82, 2.24) is 4.90 Å². The highest BCUT2D eigenvalue weighted by molar-refractivity contribution is 6.06. The van der Waals surface area contributed by atoms with Gasteiger partial charge in [0.1, 0.15) is 5.75 Å². The molecule has 6 nitrogen and oxygen atoms in total. The lowest BCUT2D eigenvalue weighted by atomic mass is 9.63. The van der Waals surface area contributed by atoms with E-state index in [9.17, 15) is 14.4 Å². The molecule has 27 heavy (non-hydrogen) atoms. The van der Waals surface area contributed by atoms with Gasteiger partial charge in [0.15, 0.2) is 0 Å². The van der Waals surface area contributed by atoms with E-state index in [1.807, 2.05) is 0 Å². The van der Waals surface area contributed by atoms with Crippen LogP contribution in [0.1, 0.15) is 12.8 Å². The number of imide groups is 1. The molecule has 0 unspecified atom stereocenters. The van der Waals surface area contributed by atoms with E-state index < -0.39 is 0 Å². The number of rotatable bonds is 5. The van der Waals surface area contributed by atoms with Crippen molar-refractivity contribution in [1.29, 1.82) is 0 Å². The average molecular weight is 366 g/mol. The molecular weight excluding hydrogens is 344 g/mol. The van der Waals surface area contributed by atoms with Crippen molar-refractivity contribution in [2.24, 2.45) is 35.5 Å². The lowest BCUT2D eigenvalue weighted by Crippen LogP contribution is -2.40. The molecule has 6 heteroatoms. The summed E-state index contributed by atoms with van der Waals surface area (Å²) in [5, 5.41) is 2.80. The summed E-state index contributed by atoms with van der Waals surface area (Å²) < 4.78 is 5.09. The van der Waals surface area contributed by atoms with Crippen LogP contribution in [-0.2, 0) is 14.4 Å². The van der Waals surface area contributed by atoms with E-state index in [0.717, 1.165) is 6.42 Å². The molecule has 2 saturated carbocycles. The van der Waals surface area contributed by atoms with Gasteiger partial charge in [0.2, 0.25) is 17.7 Å². The molecule has 2 bridgehead atoms. The number of allylic oxidation sites excluding steroid dienone is 2. The highest BCUT2D eigenvalue weighted by atomic mass is 16.5. The first kappa shape index (κ1) is 16.5. The largest absolute Gasteiger partial charge is 0.497 e. The number of ether oxygens (including phenoxy) is 1. The van der Waals surface area contributed by atoms with Crippen molar-refractivity contribution in [3.8, 4) is 5.75 Å². The molecule has 1 N–H and O–H groups in total. The smallest absolute Gasteiger partial charge is 0.233 e. The number of nitrogens with zero attached hydrogens (tertiary/aromatic N) is 1. The number of hydrogen-bond acceptors (Lipinski definition) is 4. The lowest BCUT2D eigenvalue weighted by molar-refractivity contribution is -0.140. The quantitative estimate of drug-likeness (QED) is 0.639. The van der Waals surface area contributed by atoms with Crippen LogP contribution in [0.25, 0.3) is 0 Å². The second-order valence-electron chi connectivity index (χ2n) is 8.01. The monoisotopic (exact) mass is 366 g/mol. The lowest BCUT2D eigenvalue weighted by Gasteiger charge is -2.37. The molecule has 6 rings (SSSR count). The number of methoxy groups -OCH3 is 1. The molecule has 4 aliphatic carbocycles. The molecule has 1 saturated heterocycles. The number of hydrogen-bond donors (Lipinski definition) is 1. The van der Waals surface area contributed by atoms with Gasteiger partial charge in [-0.15, -0.1) is 0 Å². The van der Waals surface area contributed by atoms with Crippen molar-refractivity contribution < 1.29 is 19.1 Å². The van der Waals surface area contributed by atoms with Gasteiger partial charge in [0.05, 0.1) is 18.9 Å². The van der Waals surface area contributed by atoms with Crippen LogP contribution in [0.2, 0.25) is 0 Å². The van der Waals surface area contributed by atoms with E-state index in [2.05, 4.69) is 17.5 Å². The maximum Gasteiger partial charge on any atom is 0.233 e. The Balaban J connectivity index is 1.22. The van der Waals surface area contributed by atoms with Crippen LogP contribution in [-0.4, -0.2) is 36.3 Å². The fraction of sp³-hybridized carbons (Fsp3) is 0.476. The highest BCUT2D eigenvalue weighted by Crippen LogP contribution is 2.65. The summed E-state index contributed by atoms with van der Waals surface area (Å²) in [4.78, 5) is 39.3. The van der Waals surface area contributed by atoms with E-state index in [1.165, 1.54) is 4.90 Å². The third-order valence-electron chi connectivity index (χ3n) is 6.69. The molecule has 3 fully saturated rings. The van der Waals surface area contributed by atoms with Gasteiger partial charge in [-0.1, -0.05) is 12.2 Å². The molecule has 0 aromatic heterocycles. The summed E-state index contributed by atoms with van der Waals surface area (Å²) in [6, 6.07) is 7.05. The molecule has 5 aliphatic rings. The Morgan fingerprint density at radius 2 is 1.67 bits per heavy atom. The Morgan fingerprint density at radius 3 is 2.22 bits per heavy atom. The van der Waals surface area contributed by atoms with Crippen LogP contribution in [0.3, 0.4) is 0 Å². The Morgan fingerprint density at radius 1 is 1.07 bits per heavy atom. The fourth-order valence-electron chi connectivity index (χ4n) is 5.35. The first-order valence-electron chi connectivity index (χ1n) is 9.56. The fourth-order valence-corrected chi connectivity index (χ4v) is 5.35. The number of carbonyl (C=O) groups excluding carboxylic acids is 3. The van der Waals surface area contributed by atoms with Crippen LogP contribution in [0.15, 0.2) is 36.4 Å². The molecule has 1 heterocycles. The predicted molar refractivity (Wildman–Crippen MR) is 97.7 cm³/mol. The molecular formula is C21H22N2O4. The van der Waals surface area contributed by atoms with Crippen LogP contribution < -0.4 is 10.1 Å². The second kappa shape index (κ2) is 5.94. The van der Waals surface area contributed by atoms with Crippen molar-refractivity contribution >= 4 is 23.4 Å². The highest BCUT2D eigenvalue weighted by Gasteiger charge is 2.66. The molecule has 1 aromatic carbocycles. The zero-order chi connectivity index (χ0) is 18.7. The van der Waals surface area contributed by atoms with Crippen molar-refractivity contribution in [2.45, 2.75) is 12.8 Å². The standard InChI is InChI=1S/C21H22N2O4/c1-27-12-4-2-11(3-5-12)22-17(24)8-9-23-20(25)18-13-6-7-14(16-10-15(13)16)19(18)21(23)26/h2-7,13-16,18-19H,8-10H2,1H3,(H,22,24)/t13-,14-,15-,16-,18-,19+/m0/s1. The maximum atomic E-state index is 12.9. The zero-order valence-electron chi connectivity index (χ0n) is 15.1. The van der Waals surface area contributed by atoms with Crippen LogP contribution in [0.5, 0.6) is 5.75 Å². The molecule has 6 atom stereocenters. The van der Waals surface area contributed by atoms with E-state index in [-0.39, 0.29) is 54.4 Å². The van der Waals surface area contributed by atoms with Gasteiger partial charge in [-0.05, 0) is 54.4 Å². The van der Waals surface area contributed by atoms with Gasteiger partial charge in [0, 0.05) is 18.7 Å². The predicted octanol–water partition coefficient (Wildman–Crippen LogP) is 2.08. The third-order valence-corrected chi connectivity index (χ3v) is 6.69. The molecule has 0 spiro atoms. The van der Waals surface area contributed by atoms with Crippen molar-refractivity contribution in [3.05, 3.63) is 36.4 Å². The van der Waals surface area contributed by atoms with Gasteiger partial charge < -0.3 is 10.1 Å². The van der Waals surface area contributed by atoms with Crippen LogP contribution in [0.4, 0.5) is 5.69 Å². The topological polar surface area (TPSA) is 75.7 Å². The summed E-state index contributed by atoms with van der Waals surface area (Å²) in [5.74, 6) is 1.59. The first-order valence-corrected chi connectivity index (χ1v) is 9.56. The van der Waals surface area contributed by atoms with E-state index in [1.54, 1.807) is 31.4 Å². The summed E-state index contributed by atoms with van der Waals surface area (Å²) in [6.45, 7) is 0.154. The second-order valence-corrected chi connectivity index (χ2v) is 8.01. The summed E-state index contributed by atoms with van der Waals surface area (Å²) in [7, 11) is 1.58. The summed E-state index contributed by atoms with van der Waals surface area (Å²) in [6.07, 6.45) is 5.58. The minimum absolute atomic E-state index is 0.0769. The zero-order valence-corrected chi connectivity index (χ0v) is 15.1. The number of likely N-dealkylation sites (tertiary alicyclic amines) is 1. The Bertz CT molecular complexity index is 810. The maximum absolute atomic E-state index is 12.9. The van der Waals surface area contributed by atoms with Crippen LogP contribution in [0, 0.1) is 35.5 Å². The van der Waals surface area contributed by atoms with E-state index >= 15 is 0 Å². The van der Waals surface area contributed by atoms with E-state index in [0.29, 0.717) is 23.3 Å². The molecule has 1 aromatic rings.